The maximum Gasteiger partial charge on any atom is 0.416 e. The van der Waals surface area contributed by atoms with Gasteiger partial charge in [0.15, 0.2) is 13.1 Å². The number of quaternary nitrogens is 1. The van der Waals surface area contributed by atoms with E-state index in [9.17, 15) is 22.8 Å². The number of benzene rings is 2. The van der Waals surface area contributed by atoms with E-state index >= 15 is 0 Å². The average Bonchev–Trinajstić information content (AvgIpc) is 2.56. The van der Waals surface area contributed by atoms with Gasteiger partial charge in [-0.15, -0.1) is 0 Å². The van der Waals surface area contributed by atoms with Crippen molar-refractivity contribution in [1.82, 2.24) is 0 Å². The molecule has 0 aliphatic heterocycles. The second-order valence-electron chi connectivity index (χ2n) is 6.35. The number of rotatable bonds is 6. The van der Waals surface area contributed by atoms with Gasteiger partial charge in [0.25, 0.3) is 11.8 Å². The van der Waals surface area contributed by atoms with Crippen LogP contribution in [-0.2, 0) is 15.8 Å². The highest BCUT2D eigenvalue weighted by molar-refractivity contribution is 5.93. The minimum Gasteiger partial charge on any atom is -0.322 e. The third kappa shape index (κ3) is 6.74. The van der Waals surface area contributed by atoms with Gasteiger partial charge in [0.05, 0.1) is 12.6 Å². The number of alkyl halides is 3. The highest BCUT2D eigenvalue weighted by atomic mass is 19.4. The molecule has 0 spiro atoms. The molecular weight excluding hydrogens is 359 g/mol. The highest BCUT2D eigenvalue weighted by Crippen LogP contribution is 2.29. The fourth-order valence-electron chi connectivity index (χ4n) is 2.40. The van der Waals surface area contributed by atoms with E-state index in [1.165, 1.54) is 12.1 Å². The lowest BCUT2D eigenvalue weighted by molar-refractivity contribution is -0.862. The van der Waals surface area contributed by atoms with Gasteiger partial charge in [-0.3, -0.25) is 9.59 Å². The standard InChI is InChI=1S/C19H20F3N3O2/c1-13-3-7-15(8-4-13)23-17(26)11-25(2)12-18(27)24-16-9-5-14(6-10-16)19(20,21)22/h3-10H,11-12H2,1-2H3,(H,23,26)(H,24,27)/p+1. The molecule has 0 aliphatic carbocycles. The first-order valence-corrected chi connectivity index (χ1v) is 8.28. The van der Waals surface area contributed by atoms with Gasteiger partial charge in [-0.2, -0.15) is 13.2 Å². The number of carbonyl (C=O) groups is 2. The Bertz CT molecular complexity index is 787. The van der Waals surface area contributed by atoms with Crippen molar-refractivity contribution < 1.29 is 27.7 Å². The smallest absolute Gasteiger partial charge is 0.322 e. The van der Waals surface area contributed by atoms with Crippen LogP contribution in [0.5, 0.6) is 0 Å². The Labute approximate surface area is 155 Å². The van der Waals surface area contributed by atoms with Crippen molar-refractivity contribution in [2.45, 2.75) is 13.1 Å². The summed E-state index contributed by atoms with van der Waals surface area (Å²) < 4.78 is 37.6. The van der Waals surface area contributed by atoms with Crippen molar-refractivity contribution in [3.63, 3.8) is 0 Å². The van der Waals surface area contributed by atoms with Crippen LogP contribution in [0.4, 0.5) is 24.5 Å². The first-order chi connectivity index (χ1) is 12.6. The summed E-state index contributed by atoms with van der Waals surface area (Å²) in [6.07, 6.45) is -4.42. The van der Waals surface area contributed by atoms with Crippen LogP contribution in [0.1, 0.15) is 11.1 Å². The first kappa shape index (κ1) is 20.4. The second-order valence-corrected chi connectivity index (χ2v) is 6.35. The summed E-state index contributed by atoms with van der Waals surface area (Å²) in [4.78, 5) is 24.6. The number of likely N-dealkylation sites (N-methyl/N-ethyl adjacent to an activating group) is 1. The molecule has 2 amide bonds. The Hall–Kier alpha value is -2.87. The first-order valence-electron chi connectivity index (χ1n) is 8.28. The molecule has 0 saturated heterocycles. The van der Waals surface area contributed by atoms with Crippen LogP contribution in [0.25, 0.3) is 0 Å². The van der Waals surface area contributed by atoms with Crippen molar-refractivity contribution in [2.24, 2.45) is 0 Å². The van der Waals surface area contributed by atoms with E-state index in [4.69, 9.17) is 0 Å². The number of aryl methyl sites for hydroxylation is 1. The van der Waals surface area contributed by atoms with Crippen LogP contribution in [0, 0.1) is 6.92 Å². The maximum atomic E-state index is 12.5. The Morgan fingerprint density at radius 3 is 1.67 bits per heavy atom. The zero-order valence-corrected chi connectivity index (χ0v) is 15.0. The van der Waals surface area contributed by atoms with E-state index < -0.39 is 17.6 Å². The molecule has 0 aromatic heterocycles. The van der Waals surface area contributed by atoms with Crippen LogP contribution >= 0.6 is 0 Å². The molecule has 0 heterocycles. The monoisotopic (exact) mass is 380 g/mol. The van der Waals surface area contributed by atoms with Crippen molar-refractivity contribution in [3.8, 4) is 0 Å². The number of amides is 2. The number of nitrogens with one attached hydrogen (secondary N) is 3. The molecule has 2 aromatic carbocycles. The molecular formula is C19H21F3N3O2+. The number of carbonyl (C=O) groups excluding carboxylic acids is 2. The fourth-order valence-corrected chi connectivity index (χ4v) is 2.40. The number of hydrogen-bond acceptors (Lipinski definition) is 2. The summed E-state index contributed by atoms with van der Waals surface area (Å²) in [5, 5.41) is 5.27. The quantitative estimate of drug-likeness (QED) is 0.719. The fraction of sp³-hybridized carbons (Fsp3) is 0.263. The van der Waals surface area contributed by atoms with Crippen molar-refractivity contribution in [3.05, 3.63) is 59.7 Å². The lowest BCUT2D eigenvalue weighted by atomic mass is 10.2. The molecule has 27 heavy (non-hydrogen) atoms. The van der Waals surface area contributed by atoms with Crippen LogP contribution in [-0.4, -0.2) is 32.0 Å². The normalized spacial score (nSPS) is 12.3. The molecule has 0 bridgehead atoms. The molecule has 2 aromatic rings. The summed E-state index contributed by atoms with van der Waals surface area (Å²) in [5.74, 6) is -0.630. The zero-order valence-electron chi connectivity index (χ0n) is 15.0. The summed E-state index contributed by atoms with van der Waals surface area (Å²) in [6, 6.07) is 11.5. The van der Waals surface area contributed by atoms with Crippen LogP contribution in [0.15, 0.2) is 48.5 Å². The molecule has 2 rings (SSSR count). The van der Waals surface area contributed by atoms with Gasteiger partial charge in [-0.05, 0) is 43.3 Å². The predicted molar refractivity (Wildman–Crippen MR) is 96.5 cm³/mol. The SMILES string of the molecule is Cc1ccc(NC(=O)C[NH+](C)CC(=O)Nc2ccc(C(F)(F)F)cc2)cc1. The lowest BCUT2D eigenvalue weighted by Crippen LogP contribution is -3.11. The van der Waals surface area contributed by atoms with E-state index in [1.54, 1.807) is 19.2 Å². The Morgan fingerprint density at radius 2 is 1.26 bits per heavy atom. The van der Waals surface area contributed by atoms with E-state index in [-0.39, 0.29) is 24.7 Å². The van der Waals surface area contributed by atoms with Gasteiger partial charge < -0.3 is 15.5 Å². The van der Waals surface area contributed by atoms with Gasteiger partial charge in [0.1, 0.15) is 0 Å². The van der Waals surface area contributed by atoms with Gasteiger partial charge in [0, 0.05) is 11.4 Å². The van der Waals surface area contributed by atoms with Gasteiger partial charge >= 0.3 is 6.18 Å². The number of halogens is 3. The van der Waals surface area contributed by atoms with E-state index in [2.05, 4.69) is 10.6 Å². The van der Waals surface area contributed by atoms with Crippen molar-refractivity contribution in [2.75, 3.05) is 30.8 Å². The average molecular weight is 380 g/mol. The van der Waals surface area contributed by atoms with Crippen LogP contribution < -0.4 is 15.5 Å². The second kappa shape index (κ2) is 8.68. The van der Waals surface area contributed by atoms with E-state index in [0.717, 1.165) is 17.7 Å². The molecule has 0 fully saturated rings. The van der Waals surface area contributed by atoms with Crippen LogP contribution in [0.3, 0.4) is 0 Å². The molecule has 0 aliphatic rings. The maximum absolute atomic E-state index is 12.5. The topological polar surface area (TPSA) is 62.6 Å². The summed E-state index contributed by atoms with van der Waals surface area (Å²) in [7, 11) is 1.68. The summed E-state index contributed by atoms with van der Waals surface area (Å²) in [5.41, 5.74) is 1.24. The lowest BCUT2D eigenvalue weighted by Gasteiger charge is -2.14. The molecule has 3 N–H and O–H groups in total. The third-order valence-electron chi connectivity index (χ3n) is 3.76. The highest BCUT2D eigenvalue weighted by Gasteiger charge is 2.30. The van der Waals surface area contributed by atoms with E-state index in [1.807, 2.05) is 19.1 Å². The number of hydrogen-bond donors (Lipinski definition) is 3. The van der Waals surface area contributed by atoms with Crippen LogP contribution in [0.2, 0.25) is 0 Å². The Kier molecular flexibility index (Phi) is 6.57. The van der Waals surface area contributed by atoms with Crippen molar-refractivity contribution in [1.29, 1.82) is 0 Å². The molecule has 5 nitrogen and oxygen atoms in total. The van der Waals surface area contributed by atoms with Gasteiger partial charge in [0.2, 0.25) is 0 Å². The third-order valence-corrected chi connectivity index (χ3v) is 3.76. The largest absolute Gasteiger partial charge is 0.416 e. The Balaban J connectivity index is 1.80. The summed E-state index contributed by atoms with van der Waals surface area (Å²) in [6.45, 7) is 2.02. The molecule has 0 saturated carbocycles. The molecule has 8 heteroatoms. The molecule has 0 radical (unpaired) electrons. The molecule has 1 atom stereocenters. The van der Waals surface area contributed by atoms with Gasteiger partial charge in [-0.1, -0.05) is 17.7 Å². The molecule has 1 unspecified atom stereocenters. The van der Waals surface area contributed by atoms with Crippen molar-refractivity contribution >= 4 is 23.2 Å². The molecule has 144 valence electrons. The Morgan fingerprint density at radius 1 is 0.852 bits per heavy atom. The predicted octanol–water partition coefficient (Wildman–Crippen LogP) is 2.11. The van der Waals surface area contributed by atoms with Gasteiger partial charge in [-0.25, -0.2) is 0 Å². The van der Waals surface area contributed by atoms with E-state index in [0.29, 0.717) is 10.6 Å². The number of anilines is 2. The summed E-state index contributed by atoms with van der Waals surface area (Å²) >= 11 is 0. The minimum absolute atomic E-state index is 0.00232. The minimum atomic E-state index is -4.42. The zero-order chi connectivity index (χ0) is 20.0.